The van der Waals surface area contributed by atoms with Gasteiger partial charge in [0.1, 0.15) is 0 Å². The lowest BCUT2D eigenvalue weighted by molar-refractivity contribution is 0.712. The molecule has 0 saturated carbocycles. The van der Waals surface area contributed by atoms with Crippen LogP contribution >= 0.6 is 0 Å². The molecule has 3 N–H and O–H groups in total. The minimum Gasteiger partial charge on any atom is -0.341 e. The molecule has 1 rings (SSSR count). The molecule has 0 radical (unpaired) electrons. The molecule has 0 amide bonds. The average molecular weight is 281 g/mol. The van der Waals surface area contributed by atoms with Crippen molar-refractivity contribution in [2.75, 3.05) is 41.4 Å². The molecule has 0 aliphatic rings. The molecular weight excluding hydrogens is 254 g/mol. The van der Waals surface area contributed by atoms with Crippen molar-refractivity contribution in [3.05, 3.63) is 0 Å². The van der Waals surface area contributed by atoms with E-state index in [-0.39, 0.29) is 0 Å². The van der Waals surface area contributed by atoms with Crippen molar-refractivity contribution in [3.8, 4) is 0 Å². The summed E-state index contributed by atoms with van der Waals surface area (Å²) in [5.41, 5.74) is 2.53. The highest BCUT2D eigenvalue weighted by atomic mass is 15.4. The molecule has 20 heavy (non-hydrogen) atoms. The normalized spacial score (nSPS) is 10.4. The predicted octanol–water partition coefficient (Wildman–Crippen LogP) is 1.63. The molecule has 0 aromatic carbocycles. The highest BCUT2D eigenvalue weighted by molar-refractivity contribution is 5.44. The summed E-state index contributed by atoms with van der Waals surface area (Å²) < 4.78 is 0. The number of rotatable bonds is 9. The third kappa shape index (κ3) is 4.19. The van der Waals surface area contributed by atoms with E-state index in [0.29, 0.717) is 17.8 Å². The van der Waals surface area contributed by atoms with E-state index >= 15 is 0 Å². The second kappa shape index (κ2) is 8.52. The van der Waals surface area contributed by atoms with Crippen molar-refractivity contribution >= 4 is 17.8 Å². The van der Waals surface area contributed by atoms with E-state index in [1.165, 1.54) is 0 Å². The van der Waals surface area contributed by atoms with E-state index in [2.05, 4.69) is 57.9 Å². The first-order valence-electron chi connectivity index (χ1n) is 7.42. The van der Waals surface area contributed by atoms with Gasteiger partial charge in [0.05, 0.1) is 0 Å². The molecule has 7 heteroatoms. The van der Waals surface area contributed by atoms with Crippen LogP contribution in [0.5, 0.6) is 0 Å². The number of nitrogens with two attached hydrogens (primary N) is 1. The molecule has 0 unspecified atom stereocenters. The fourth-order valence-corrected chi connectivity index (χ4v) is 2.06. The van der Waals surface area contributed by atoms with Crippen molar-refractivity contribution in [2.24, 2.45) is 5.84 Å². The predicted molar refractivity (Wildman–Crippen MR) is 84.0 cm³/mol. The van der Waals surface area contributed by atoms with Crippen molar-refractivity contribution in [3.63, 3.8) is 0 Å². The fourth-order valence-electron chi connectivity index (χ4n) is 2.06. The highest BCUT2D eigenvalue weighted by Crippen LogP contribution is 2.16. The van der Waals surface area contributed by atoms with E-state index < -0.39 is 0 Å². The van der Waals surface area contributed by atoms with E-state index in [9.17, 15) is 0 Å². The zero-order valence-electron chi connectivity index (χ0n) is 13.1. The summed E-state index contributed by atoms with van der Waals surface area (Å²) in [4.78, 5) is 17.6. The fraction of sp³-hybridized carbons (Fsp3) is 0.769. The Labute approximate surface area is 121 Å². The second-order valence-corrected chi connectivity index (χ2v) is 4.56. The average Bonchev–Trinajstić information content (AvgIpc) is 2.48. The van der Waals surface area contributed by atoms with E-state index in [4.69, 9.17) is 5.84 Å². The van der Waals surface area contributed by atoms with Crippen molar-refractivity contribution in [1.29, 1.82) is 0 Å². The maximum atomic E-state index is 5.48. The summed E-state index contributed by atoms with van der Waals surface area (Å²) >= 11 is 0. The van der Waals surface area contributed by atoms with Gasteiger partial charge in [0.15, 0.2) is 0 Å². The monoisotopic (exact) mass is 281 g/mol. The summed E-state index contributed by atoms with van der Waals surface area (Å²) in [6.45, 7) is 12.0. The Balaban J connectivity index is 3.13. The summed E-state index contributed by atoms with van der Waals surface area (Å²) in [5.74, 6) is 7.25. The first kappa shape index (κ1) is 16.4. The van der Waals surface area contributed by atoms with Gasteiger partial charge in [-0.2, -0.15) is 15.0 Å². The van der Waals surface area contributed by atoms with E-state index in [1.54, 1.807) is 0 Å². The van der Waals surface area contributed by atoms with Crippen LogP contribution in [0, 0.1) is 0 Å². The number of hydrazine groups is 1. The lowest BCUT2D eigenvalue weighted by Crippen LogP contribution is -2.30. The van der Waals surface area contributed by atoms with Crippen molar-refractivity contribution < 1.29 is 0 Å². The number of aromatic nitrogens is 3. The van der Waals surface area contributed by atoms with Crippen molar-refractivity contribution in [1.82, 2.24) is 15.0 Å². The number of nitrogens with one attached hydrogen (secondary N) is 1. The molecule has 0 bridgehead atoms. The molecule has 0 aliphatic carbocycles. The van der Waals surface area contributed by atoms with Crippen LogP contribution in [0.3, 0.4) is 0 Å². The van der Waals surface area contributed by atoms with Gasteiger partial charge < -0.3 is 9.80 Å². The minimum atomic E-state index is 0.411. The summed E-state index contributed by atoms with van der Waals surface area (Å²) in [5, 5.41) is 0. The van der Waals surface area contributed by atoms with Gasteiger partial charge in [-0.15, -0.1) is 0 Å². The molecular formula is C13H27N7. The number of hydrogen-bond donors (Lipinski definition) is 2. The number of hydrogen-bond acceptors (Lipinski definition) is 7. The first-order chi connectivity index (χ1) is 9.69. The molecule has 114 valence electrons. The smallest absolute Gasteiger partial charge is 0.243 e. The van der Waals surface area contributed by atoms with E-state index in [0.717, 1.165) is 39.0 Å². The Kier molecular flexibility index (Phi) is 7.00. The molecule has 0 fully saturated rings. The van der Waals surface area contributed by atoms with Crippen LogP contribution in [-0.4, -0.2) is 41.1 Å². The van der Waals surface area contributed by atoms with Gasteiger partial charge in [0, 0.05) is 26.2 Å². The number of nitrogens with zero attached hydrogens (tertiary/aromatic N) is 5. The molecule has 1 heterocycles. The largest absolute Gasteiger partial charge is 0.341 e. The summed E-state index contributed by atoms with van der Waals surface area (Å²) in [7, 11) is 0. The van der Waals surface area contributed by atoms with Crippen LogP contribution in [0.1, 0.15) is 40.5 Å². The standard InChI is InChI=1S/C13H27N7/c1-5-9-20(10-6-2)13-16-11(18-14)15-12(17-13)19(7-3)8-4/h5-10,14H2,1-4H3,(H,15,16,17,18). The maximum absolute atomic E-state index is 5.48. The molecule has 0 saturated heterocycles. The second-order valence-electron chi connectivity index (χ2n) is 4.56. The molecule has 0 atom stereocenters. The summed E-state index contributed by atoms with van der Waals surface area (Å²) in [6.07, 6.45) is 2.11. The van der Waals surface area contributed by atoms with E-state index in [1.807, 2.05) is 0 Å². The van der Waals surface area contributed by atoms with Crippen LogP contribution < -0.4 is 21.1 Å². The Morgan fingerprint density at radius 3 is 1.75 bits per heavy atom. The SMILES string of the molecule is CCCN(CCC)c1nc(NN)nc(N(CC)CC)n1. The Bertz CT molecular complexity index is 386. The summed E-state index contributed by atoms with van der Waals surface area (Å²) in [6, 6.07) is 0. The lowest BCUT2D eigenvalue weighted by atomic mass is 10.4. The molecule has 0 spiro atoms. The third-order valence-electron chi connectivity index (χ3n) is 3.06. The highest BCUT2D eigenvalue weighted by Gasteiger charge is 2.14. The van der Waals surface area contributed by atoms with Gasteiger partial charge in [0.25, 0.3) is 0 Å². The Morgan fingerprint density at radius 2 is 1.35 bits per heavy atom. The number of nitrogen functional groups attached to an aromatic ring is 1. The van der Waals surface area contributed by atoms with Gasteiger partial charge in [-0.3, -0.25) is 5.43 Å². The van der Waals surface area contributed by atoms with Crippen LogP contribution in [-0.2, 0) is 0 Å². The zero-order chi connectivity index (χ0) is 15.0. The first-order valence-corrected chi connectivity index (χ1v) is 7.42. The van der Waals surface area contributed by atoms with Gasteiger partial charge in [-0.25, -0.2) is 5.84 Å². The molecule has 0 aliphatic heterocycles. The van der Waals surface area contributed by atoms with Crippen LogP contribution in [0.4, 0.5) is 17.8 Å². The lowest BCUT2D eigenvalue weighted by Gasteiger charge is -2.24. The Hall–Kier alpha value is -1.63. The van der Waals surface area contributed by atoms with Crippen molar-refractivity contribution in [2.45, 2.75) is 40.5 Å². The maximum Gasteiger partial charge on any atom is 0.243 e. The molecule has 1 aromatic rings. The third-order valence-corrected chi connectivity index (χ3v) is 3.06. The van der Waals surface area contributed by atoms with Gasteiger partial charge >= 0.3 is 0 Å². The van der Waals surface area contributed by atoms with Crippen LogP contribution in [0.15, 0.2) is 0 Å². The quantitative estimate of drug-likeness (QED) is 0.525. The minimum absolute atomic E-state index is 0.411. The zero-order valence-corrected chi connectivity index (χ0v) is 13.1. The van der Waals surface area contributed by atoms with Gasteiger partial charge in [-0.05, 0) is 26.7 Å². The Morgan fingerprint density at radius 1 is 0.850 bits per heavy atom. The molecule has 7 nitrogen and oxygen atoms in total. The number of anilines is 3. The molecule has 1 aromatic heterocycles. The van der Waals surface area contributed by atoms with Gasteiger partial charge in [0.2, 0.25) is 17.8 Å². The van der Waals surface area contributed by atoms with Crippen LogP contribution in [0.2, 0.25) is 0 Å². The topological polar surface area (TPSA) is 83.2 Å². The van der Waals surface area contributed by atoms with Gasteiger partial charge in [-0.1, -0.05) is 13.8 Å². The van der Waals surface area contributed by atoms with Crippen LogP contribution in [0.25, 0.3) is 0 Å².